The van der Waals surface area contributed by atoms with Crippen LogP contribution in [-0.2, 0) is 0 Å². The Kier molecular flexibility index (Phi) is 5.22. The van der Waals surface area contributed by atoms with Crippen LogP contribution in [-0.4, -0.2) is 41.3 Å². The molecule has 0 aromatic carbocycles. The lowest BCUT2D eigenvalue weighted by atomic mass is 9.79. The minimum absolute atomic E-state index is 0.00227. The molecule has 0 aromatic rings. The number of nitrogens with two attached hydrogens (primary N) is 1. The van der Waals surface area contributed by atoms with E-state index in [9.17, 15) is 5.11 Å². The van der Waals surface area contributed by atoms with Gasteiger partial charge in [-0.2, -0.15) is 0 Å². The van der Waals surface area contributed by atoms with E-state index in [1.54, 1.807) is 0 Å². The number of hydrogen-bond acceptors (Lipinski definition) is 3. The summed E-state index contributed by atoms with van der Waals surface area (Å²) in [5, 5.41) is 9.78. The first-order valence-corrected chi connectivity index (χ1v) is 7.30. The predicted molar refractivity (Wildman–Crippen MR) is 77.4 cm³/mol. The molecular formula is C15H32N2O. The quantitative estimate of drug-likeness (QED) is 0.813. The SMILES string of the molecule is CC1CC(C)C(C)N(C(CO)C(N)C(C)(C)C)C1. The van der Waals surface area contributed by atoms with E-state index >= 15 is 0 Å². The molecule has 0 spiro atoms. The molecule has 1 fully saturated rings. The Morgan fingerprint density at radius 1 is 1.28 bits per heavy atom. The number of rotatable bonds is 3. The molecule has 0 amide bonds. The minimum Gasteiger partial charge on any atom is -0.395 e. The van der Waals surface area contributed by atoms with Gasteiger partial charge in [0.1, 0.15) is 0 Å². The molecule has 0 aromatic heterocycles. The van der Waals surface area contributed by atoms with E-state index in [1.807, 2.05) is 0 Å². The topological polar surface area (TPSA) is 49.5 Å². The van der Waals surface area contributed by atoms with Crippen LogP contribution in [0.3, 0.4) is 0 Å². The third kappa shape index (κ3) is 3.46. The molecule has 1 aliphatic rings. The fourth-order valence-electron chi connectivity index (χ4n) is 3.20. The van der Waals surface area contributed by atoms with Crippen LogP contribution in [0.5, 0.6) is 0 Å². The summed E-state index contributed by atoms with van der Waals surface area (Å²) < 4.78 is 0. The molecule has 1 rings (SSSR count). The van der Waals surface area contributed by atoms with Crippen molar-refractivity contribution < 1.29 is 5.11 Å². The van der Waals surface area contributed by atoms with Crippen LogP contribution in [0, 0.1) is 17.3 Å². The predicted octanol–water partition coefficient (Wildman–Crippen LogP) is 2.09. The first-order chi connectivity index (χ1) is 8.18. The standard InChI is InChI=1S/C15H32N2O/c1-10-7-11(2)12(3)17(8-10)13(9-18)14(16)15(4,5)6/h10-14,18H,7-9,16H2,1-6H3. The Morgan fingerprint density at radius 2 is 1.83 bits per heavy atom. The Bertz CT molecular complexity index is 262. The molecular weight excluding hydrogens is 224 g/mol. The molecule has 108 valence electrons. The van der Waals surface area contributed by atoms with E-state index in [0.717, 1.165) is 6.54 Å². The highest BCUT2D eigenvalue weighted by molar-refractivity contribution is 4.94. The van der Waals surface area contributed by atoms with Gasteiger partial charge < -0.3 is 10.8 Å². The van der Waals surface area contributed by atoms with Gasteiger partial charge in [-0.25, -0.2) is 0 Å². The van der Waals surface area contributed by atoms with Crippen molar-refractivity contribution in [3.8, 4) is 0 Å². The van der Waals surface area contributed by atoms with E-state index < -0.39 is 0 Å². The van der Waals surface area contributed by atoms with Crippen molar-refractivity contribution in [2.24, 2.45) is 23.0 Å². The highest BCUT2D eigenvalue weighted by atomic mass is 16.3. The smallest absolute Gasteiger partial charge is 0.0602 e. The Morgan fingerprint density at radius 3 is 2.28 bits per heavy atom. The molecule has 1 heterocycles. The van der Waals surface area contributed by atoms with Crippen LogP contribution in [0.4, 0.5) is 0 Å². The molecule has 18 heavy (non-hydrogen) atoms. The van der Waals surface area contributed by atoms with Crippen molar-refractivity contribution in [2.45, 2.75) is 66.1 Å². The van der Waals surface area contributed by atoms with Crippen LogP contribution >= 0.6 is 0 Å². The Hall–Kier alpha value is -0.120. The second kappa shape index (κ2) is 5.89. The van der Waals surface area contributed by atoms with Gasteiger partial charge >= 0.3 is 0 Å². The van der Waals surface area contributed by atoms with Gasteiger partial charge in [0.05, 0.1) is 6.61 Å². The number of hydrogen-bond donors (Lipinski definition) is 2. The monoisotopic (exact) mass is 256 g/mol. The molecule has 0 bridgehead atoms. The largest absolute Gasteiger partial charge is 0.395 e. The van der Waals surface area contributed by atoms with E-state index in [4.69, 9.17) is 5.73 Å². The minimum atomic E-state index is 0.00227. The van der Waals surface area contributed by atoms with Crippen molar-refractivity contribution in [2.75, 3.05) is 13.2 Å². The number of likely N-dealkylation sites (tertiary alicyclic amines) is 1. The average Bonchev–Trinajstić information content (AvgIpc) is 2.24. The second-order valence-corrected chi connectivity index (χ2v) is 7.40. The van der Waals surface area contributed by atoms with Gasteiger partial charge in [0.25, 0.3) is 0 Å². The zero-order valence-electron chi connectivity index (χ0n) is 13.0. The van der Waals surface area contributed by atoms with Gasteiger partial charge in [-0.05, 0) is 30.6 Å². The lowest BCUT2D eigenvalue weighted by Crippen LogP contribution is -2.61. The summed E-state index contributed by atoms with van der Waals surface area (Å²) in [6, 6.07) is 0.583. The molecule has 3 heteroatoms. The zero-order chi connectivity index (χ0) is 14.1. The molecule has 1 saturated heterocycles. The fourth-order valence-corrected chi connectivity index (χ4v) is 3.20. The normalized spacial score (nSPS) is 34.3. The lowest BCUT2D eigenvalue weighted by molar-refractivity contribution is -0.00953. The summed E-state index contributed by atoms with van der Waals surface area (Å²) in [5.74, 6) is 1.37. The van der Waals surface area contributed by atoms with E-state index in [1.165, 1.54) is 6.42 Å². The van der Waals surface area contributed by atoms with E-state index in [2.05, 4.69) is 46.4 Å². The van der Waals surface area contributed by atoms with Gasteiger partial charge in [0.15, 0.2) is 0 Å². The maximum atomic E-state index is 9.78. The maximum Gasteiger partial charge on any atom is 0.0602 e. The summed E-state index contributed by atoms with van der Waals surface area (Å²) in [6.45, 7) is 14.6. The van der Waals surface area contributed by atoms with Crippen LogP contribution in [0.25, 0.3) is 0 Å². The maximum absolute atomic E-state index is 9.78. The summed E-state index contributed by atoms with van der Waals surface area (Å²) in [5.41, 5.74) is 6.41. The number of piperidine rings is 1. The van der Waals surface area contributed by atoms with Crippen LogP contribution in [0.15, 0.2) is 0 Å². The summed E-state index contributed by atoms with van der Waals surface area (Å²) >= 11 is 0. The molecule has 5 unspecified atom stereocenters. The van der Waals surface area contributed by atoms with Gasteiger partial charge in [-0.1, -0.05) is 34.6 Å². The van der Waals surface area contributed by atoms with Crippen LogP contribution in [0.1, 0.15) is 48.0 Å². The molecule has 0 aliphatic carbocycles. The number of aliphatic hydroxyl groups excluding tert-OH is 1. The molecule has 5 atom stereocenters. The van der Waals surface area contributed by atoms with Gasteiger partial charge in [-0.15, -0.1) is 0 Å². The number of nitrogens with zero attached hydrogens (tertiary/aromatic N) is 1. The molecule has 3 nitrogen and oxygen atoms in total. The Balaban J connectivity index is 2.86. The fraction of sp³-hybridized carbons (Fsp3) is 1.00. The number of aliphatic hydroxyl groups is 1. The van der Waals surface area contributed by atoms with Crippen molar-refractivity contribution in [1.82, 2.24) is 4.90 Å². The van der Waals surface area contributed by atoms with E-state index in [0.29, 0.717) is 17.9 Å². The van der Waals surface area contributed by atoms with Crippen molar-refractivity contribution >= 4 is 0 Å². The third-order valence-corrected chi connectivity index (χ3v) is 4.67. The van der Waals surface area contributed by atoms with Crippen LogP contribution < -0.4 is 5.73 Å². The van der Waals surface area contributed by atoms with Crippen LogP contribution in [0.2, 0.25) is 0 Å². The van der Waals surface area contributed by atoms with Crippen molar-refractivity contribution in [1.29, 1.82) is 0 Å². The van der Waals surface area contributed by atoms with Crippen molar-refractivity contribution in [3.63, 3.8) is 0 Å². The van der Waals surface area contributed by atoms with Gasteiger partial charge in [-0.3, -0.25) is 4.90 Å². The average molecular weight is 256 g/mol. The second-order valence-electron chi connectivity index (χ2n) is 7.40. The summed E-state index contributed by atoms with van der Waals surface area (Å²) in [4.78, 5) is 2.44. The first-order valence-electron chi connectivity index (χ1n) is 7.30. The summed E-state index contributed by atoms with van der Waals surface area (Å²) in [6.07, 6.45) is 1.28. The molecule has 3 N–H and O–H groups in total. The molecule has 0 radical (unpaired) electrons. The molecule has 1 aliphatic heterocycles. The zero-order valence-corrected chi connectivity index (χ0v) is 13.0. The van der Waals surface area contributed by atoms with Gasteiger partial charge in [0.2, 0.25) is 0 Å². The first kappa shape index (κ1) is 15.9. The highest BCUT2D eigenvalue weighted by Gasteiger charge is 2.38. The molecule has 0 saturated carbocycles. The van der Waals surface area contributed by atoms with Crippen molar-refractivity contribution in [3.05, 3.63) is 0 Å². The third-order valence-electron chi connectivity index (χ3n) is 4.67. The Labute approximate surface area is 113 Å². The highest BCUT2D eigenvalue weighted by Crippen LogP contribution is 2.31. The van der Waals surface area contributed by atoms with E-state index in [-0.39, 0.29) is 24.1 Å². The summed E-state index contributed by atoms with van der Waals surface area (Å²) in [7, 11) is 0. The van der Waals surface area contributed by atoms with Gasteiger partial charge in [0, 0.05) is 24.7 Å². The lowest BCUT2D eigenvalue weighted by Gasteiger charge is -2.48.